The number of nitrogens with zero attached hydrogens (tertiary/aromatic N) is 1. The fourth-order valence-corrected chi connectivity index (χ4v) is 5.50. The minimum atomic E-state index is 0. The molecule has 0 radical (unpaired) electrons. The zero-order chi connectivity index (χ0) is 23.1. The molecule has 186 valence electrons. The molecule has 0 aliphatic heterocycles. The Morgan fingerprint density at radius 1 is 0.719 bits per heavy atom. The van der Waals surface area contributed by atoms with Crippen molar-refractivity contribution in [1.29, 1.82) is 0 Å². The van der Waals surface area contributed by atoms with Crippen LogP contribution in [0.2, 0.25) is 0 Å². The van der Waals surface area contributed by atoms with Gasteiger partial charge in [0, 0.05) is 5.56 Å². The Hall–Kier alpha value is -0.530. The number of quaternary nitrogens is 1. The fraction of sp³-hybridized carbons (Fsp3) is 0.800. The van der Waals surface area contributed by atoms with Gasteiger partial charge in [-0.05, 0) is 66.2 Å². The van der Waals surface area contributed by atoms with Crippen molar-refractivity contribution >= 4 is 0 Å². The molecular formula is C30H54ClN. The number of hydrogen-bond donors (Lipinski definition) is 0. The van der Waals surface area contributed by atoms with Gasteiger partial charge in [0.25, 0.3) is 0 Å². The SMILES string of the molecule is CCCCCCCCCCCC[N+](C)(C)Cc1cc2c(cc1C)C(C)(C)CCC2(C)C.[Cl-]. The van der Waals surface area contributed by atoms with Crippen LogP contribution in [0.15, 0.2) is 12.1 Å². The fourth-order valence-electron chi connectivity index (χ4n) is 5.50. The van der Waals surface area contributed by atoms with E-state index < -0.39 is 0 Å². The van der Waals surface area contributed by atoms with Crippen LogP contribution in [0, 0.1) is 6.92 Å². The minimum Gasteiger partial charge on any atom is -1.00 e. The second kappa shape index (κ2) is 12.8. The number of halogens is 1. The van der Waals surface area contributed by atoms with Crippen LogP contribution in [0.1, 0.15) is 134 Å². The number of unbranched alkanes of at least 4 members (excludes halogenated alkanes) is 9. The molecule has 1 aromatic rings. The lowest BCUT2D eigenvalue weighted by Gasteiger charge is -2.42. The van der Waals surface area contributed by atoms with E-state index >= 15 is 0 Å². The Kier molecular flexibility index (Phi) is 11.8. The van der Waals surface area contributed by atoms with Gasteiger partial charge in [-0.3, -0.25) is 0 Å². The van der Waals surface area contributed by atoms with Gasteiger partial charge in [-0.15, -0.1) is 0 Å². The van der Waals surface area contributed by atoms with E-state index in [1.807, 2.05) is 0 Å². The lowest BCUT2D eigenvalue weighted by molar-refractivity contribution is -0.903. The third-order valence-electron chi connectivity index (χ3n) is 8.02. The maximum Gasteiger partial charge on any atom is 0.104 e. The lowest BCUT2D eigenvalue weighted by Crippen LogP contribution is -3.00. The molecule has 0 fully saturated rings. The van der Waals surface area contributed by atoms with Crippen LogP contribution in [0.25, 0.3) is 0 Å². The third-order valence-corrected chi connectivity index (χ3v) is 8.02. The summed E-state index contributed by atoms with van der Waals surface area (Å²) in [5.74, 6) is 0. The van der Waals surface area contributed by atoms with Crippen LogP contribution < -0.4 is 12.4 Å². The van der Waals surface area contributed by atoms with Crippen molar-refractivity contribution in [2.24, 2.45) is 0 Å². The summed E-state index contributed by atoms with van der Waals surface area (Å²) in [6.07, 6.45) is 16.8. The van der Waals surface area contributed by atoms with Gasteiger partial charge in [0.15, 0.2) is 0 Å². The zero-order valence-corrected chi connectivity index (χ0v) is 23.6. The minimum absolute atomic E-state index is 0. The van der Waals surface area contributed by atoms with E-state index in [0.29, 0.717) is 10.8 Å². The molecule has 0 aromatic heterocycles. The van der Waals surface area contributed by atoms with Gasteiger partial charge in [0.05, 0.1) is 20.6 Å². The molecule has 32 heavy (non-hydrogen) atoms. The normalized spacial score (nSPS) is 17.0. The molecule has 0 bridgehead atoms. The standard InChI is InChI=1S/C30H54N.ClH/c1-9-10-11-12-13-14-15-16-17-18-21-31(7,8)24-26-23-28-27(22-25(26)2)29(3,4)19-20-30(28,5)6;/h22-23H,9-21,24H2,1-8H3;1H/q+1;/p-1. The van der Waals surface area contributed by atoms with Gasteiger partial charge >= 0.3 is 0 Å². The molecule has 1 aromatic carbocycles. The van der Waals surface area contributed by atoms with Crippen molar-refractivity contribution in [3.8, 4) is 0 Å². The smallest absolute Gasteiger partial charge is 0.104 e. The first kappa shape index (κ1) is 29.5. The van der Waals surface area contributed by atoms with Gasteiger partial charge in [0.1, 0.15) is 6.54 Å². The average Bonchev–Trinajstić information content (AvgIpc) is 2.68. The molecule has 0 saturated carbocycles. The first-order valence-electron chi connectivity index (χ1n) is 13.4. The molecule has 0 unspecified atom stereocenters. The predicted molar refractivity (Wildman–Crippen MR) is 139 cm³/mol. The van der Waals surface area contributed by atoms with E-state index in [2.05, 4.69) is 67.8 Å². The third kappa shape index (κ3) is 8.68. The van der Waals surface area contributed by atoms with Crippen LogP contribution in [-0.2, 0) is 17.4 Å². The van der Waals surface area contributed by atoms with Gasteiger partial charge in [-0.25, -0.2) is 0 Å². The molecule has 1 aliphatic rings. The van der Waals surface area contributed by atoms with Crippen molar-refractivity contribution < 1.29 is 16.9 Å². The molecule has 2 heteroatoms. The summed E-state index contributed by atoms with van der Waals surface area (Å²) in [6, 6.07) is 5.12. The van der Waals surface area contributed by atoms with Crippen LogP contribution >= 0.6 is 0 Å². The number of hydrogen-bond acceptors (Lipinski definition) is 0. The summed E-state index contributed by atoms with van der Waals surface area (Å²) in [4.78, 5) is 0. The van der Waals surface area contributed by atoms with Crippen molar-refractivity contribution in [3.63, 3.8) is 0 Å². The Labute approximate surface area is 207 Å². The summed E-state index contributed by atoms with van der Waals surface area (Å²) >= 11 is 0. The molecule has 0 atom stereocenters. The van der Waals surface area contributed by atoms with Crippen molar-refractivity contribution in [3.05, 3.63) is 34.4 Å². The van der Waals surface area contributed by atoms with E-state index in [1.165, 1.54) is 89.2 Å². The van der Waals surface area contributed by atoms with E-state index in [1.54, 1.807) is 16.7 Å². The second-order valence-corrected chi connectivity index (χ2v) is 12.6. The maximum atomic E-state index is 2.59. The number of rotatable bonds is 13. The Balaban J connectivity index is 0.00000512. The number of benzene rings is 1. The number of fused-ring (bicyclic) bond motifs is 1. The summed E-state index contributed by atoms with van der Waals surface area (Å²) in [6.45, 7) is 16.9. The van der Waals surface area contributed by atoms with Crippen molar-refractivity contribution in [2.45, 2.75) is 136 Å². The molecule has 0 saturated heterocycles. The molecule has 1 nitrogen and oxygen atoms in total. The molecular weight excluding hydrogens is 410 g/mol. The van der Waals surface area contributed by atoms with Gasteiger partial charge in [-0.2, -0.15) is 0 Å². The Bertz CT molecular complexity index is 686. The molecule has 1 aliphatic carbocycles. The van der Waals surface area contributed by atoms with Gasteiger partial charge < -0.3 is 16.9 Å². The van der Waals surface area contributed by atoms with E-state index in [0.717, 1.165) is 11.0 Å². The average molecular weight is 464 g/mol. The highest BCUT2D eigenvalue weighted by molar-refractivity contribution is 5.46. The van der Waals surface area contributed by atoms with Crippen LogP contribution in [-0.4, -0.2) is 25.1 Å². The van der Waals surface area contributed by atoms with E-state index in [9.17, 15) is 0 Å². The maximum absolute atomic E-state index is 2.59. The van der Waals surface area contributed by atoms with E-state index in [-0.39, 0.29) is 12.4 Å². The Morgan fingerprint density at radius 3 is 1.66 bits per heavy atom. The van der Waals surface area contributed by atoms with Crippen LogP contribution in [0.5, 0.6) is 0 Å². The van der Waals surface area contributed by atoms with Crippen molar-refractivity contribution in [1.82, 2.24) is 0 Å². The summed E-state index contributed by atoms with van der Waals surface area (Å²) in [5.41, 5.74) is 6.91. The molecule has 0 amide bonds. The highest BCUT2D eigenvalue weighted by Crippen LogP contribution is 2.46. The second-order valence-electron chi connectivity index (χ2n) is 12.6. The zero-order valence-electron chi connectivity index (χ0n) is 22.9. The molecule has 2 rings (SSSR count). The quantitative estimate of drug-likeness (QED) is 0.254. The first-order valence-corrected chi connectivity index (χ1v) is 13.4. The summed E-state index contributed by atoms with van der Waals surface area (Å²) in [7, 11) is 4.86. The Morgan fingerprint density at radius 2 is 1.16 bits per heavy atom. The molecule has 0 heterocycles. The predicted octanol–water partition coefficient (Wildman–Crippen LogP) is 5.85. The molecule has 0 spiro atoms. The van der Waals surface area contributed by atoms with Crippen LogP contribution in [0.4, 0.5) is 0 Å². The highest BCUT2D eigenvalue weighted by atomic mass is 35.5. The summed E-state index contributed by atoms with van der Waals surface area (Å²) < 4.78 is 1.11. The first-order chi connectivity index (χ1) is 14.5. The monoisotopic (exact) mass is 463 g/mol. The topological polar surface area (TPSA) is 0 Å². The number of aryl methyl sites for hydroxylation is 1. The lowest BCUT2D eigenvalue weighted by atomic mass is 9.62. The van der Waals surface area contributed by atoms with Crippen LogP contribution in [0.3, 0.4) is 0 Å². The molecule has 0 N–H and O–H groups in total. The summed E-state index contributed by atoms with van der Waals surface area (Å²) in [5, 5.41) is 0. The van der Waals surface area contributed by atoms with Gasteiger partial charge in [-0.1, -0.05) is 92.1 Å². The highest BCUT2D eigenvalue weighted by Gasteiger charge is 2.37. The van der Waals surface area contributed by atoms with E-state index in [4.69, 9.17) is 0 Å². The largest absolute Gasteiger partial charge is 1.00 e. The van der Waals surface area contributed by atoms with Gasteiger partial charge in [0.2, 0.25) is 0 Å². The van der Waals surface area contributed by atoms with Crippen molar-refractivity contribution in [2.75, 3.05) is 20.6 Å².